The summed E-state index contributed by atoms with van der Waals surface area (Å²) in [5.74, 6) is -0.641. The molecule has 0 aliphatic carbocycles. The summed E-state index contributed by atoms with van der Waals surface area (Å²) in [5.41, 5.74) is 2.70. The molecule has 0 bridgehead atoms. The Morgan fingerprint density at radius 2 is 1.43 bits per heavy atom. The molecule has 0 saturated carbocycles. The Morgan fingerprint density at radius 1 is 0.800 bits per heavy atom. The minimum absolute atomic E-state index is 0.0559. The molecule has 0 unspecified atom stereocenters. The first-order chi connectivity index (χ1) is 16.8. The van der Waals surface area contributed by atoms with Gasteiger partial charge in [-0.1, -0.05) is 29.4 Å². The smallest absolute Gasteiger partial charge is 0.335 e. The highest BCUT2D eigenvalue weighted by Gasteiger charge is 2.16. The van der Waals surface area contributed by atoms with Gasteiger partial charge in [0.2, 0.25) is 0 Å². The van der Waals surface area contributed by atoms with Crippen molar-refractivity contribution in [2.75, 3.05) is 19.1 Å². The van der Waals surface area contributed by atoms with Gasteiger partial charge in [-0.2, -0.15) is 0 Å². The van der Waals surface area contributed by atoms with E-state index in [1.807, 2.05) is 72.6 Å². The summed E-state index contributed by atoms with van der Waals surface area (Å²) in [6, 6.07) is 26.8. The number of hydrogen-bond acceptors (Lipinski definition) is 5. The quantitative estimate of drug-likeness (QED) is 0.256. The third-order valence-electron chi connectivity index (χ3n) is 5.42. The summed E-state index contributed by atoms with van der Waals surface area (Å²) in [6.45, 7) is 0. The molecule has 0 aliphatic heterocycles. The standard InChI is InChI=1S/C28H22ClNO4S/c1-30(23-12-8-21(29)9-13-23)22-10-6-18(7-11-22)27(31)19-14-20(28(32)33)16-26(15-19)35-25-5-3-4-24(17-25)34-2/h3-17H,1-2H3,(H,32,33). The van der Waals surface area contributed by atoms with Crippen molar-refractivity contribution in [3.05, 3.63) is 113 Å². The Balaban J connectivity index is 1.60. The summed E-state index contributed by atoms with van der Waals surface area (Å²) >= 11 is 7.35. The van der Waals surface area contributed by atoms with Crippen LogP contribution in [-0.2, 0) is 0 Å². The van der Waals surface area contributed by atoms with Crippen molar-refractivity contribution < 1.29 is 19.4 Å². The van der Waals surface area contributed by atoms with Gasteiger partial charge in [-0.05, 0) is 84.9 Å². The fourth-order valence-electron chi connectivity index (χ4n) is 3.53. The molecule has 0 spiro atoms. The lowest BCUT2D eigenvalue weighted by Gasteiger charge is -2.19. The SMILES string of the molecule is COc1cccc(Sc2cc(C(=O)O)cc(C(=O)c3ccc(N(C)c4ccc(Cl)cc4)cc3)c2)c1. The van der Waals surface area contributed by atoms with Crippen molar-refractivity contribution in [3.8, 4) is 5.75 Å². The number of carbonyl (C=O) groups is 2. The first kappa shape index (κ1) is 24.4. The molecule has 35 heavy (non-hydrogen) atoms. The van der Waals surface area contributed by atoms with Crippen molar-refractivity contribution in [3.63, 3.8) is 0 Å². The highest BCUT2D eigenvalue weighted by molar-refractivity contribution is 7.99. The van der Waals surface area contributed by atoms with Gasteiger partial charge in [0.25, 0.3) is 0 Å². The Kier molecular flexibility index (Phi) is 7.44. The number of halogens is 1. The molecule has 0 heterocycles. The monoisotopic (exact) mass is 503 g/mol. The van der Waals surface area contributed by atoms with E-state index in [2.05, 4.69) is 0 Å². The number of ketones is 1. The topological polar surface area (TPSA) is 66.8 Å². The van der Waals surface area contributed by atoms with Gasteiger partial charge in [0, 0.05) is 44.4 Å². The van der Waals surface area contributed by atoms with Crippen LogP contribution in [0.15, 0.2) is 101 Å². The van der Waals surface area contributed by atoms with Crippen LogP contribution >= 0.6 is 23.4 Å². The Labute approximate surface area is 212 Å². The number of aromatic carboxylic acids is 1. The zero-order valence-electron chi connectivity index (χ0n) is 19.1. The van der Waals surface area contributed by atoms with Crippen LogP contribution in [0.25, 0.3) is 0 Å². The zero-order chi connectivity index (χ0) is 24.9. The summed E-state index contributed by atoms with van der Waals surface area (Å²) in [5, 5.41) is 10.3. The summed E-state index contributed by atoms with van der Waals surface area (Å²) in [7, 11) is 3.52. The second-order valence-corrected chi connectivity index (χ2v) is 9.33. The van der Waals surface area contributed by atoms with E-state index in [9.17, 15) is 14.7 Å². The number of carboxylic acids is 1. The van der Waals surface area contributed by atoms with E-state index in [4.69, 9.17) is 16.3 Å². The minimum Gasteiger partial charge on any atom is -0.497 e. The van der Waals surface area contributed by atoms with E-state index in [-0.39, 0.29) is 11.3 Å². The molecule has 4 aromatic rings. The van der Waals surface area contributed by atoms with Crippen LogP contribution in [0, 0.1) is 0 Å². The lowest BCUT2D eigenvalue weighted by Crippen LogP contribution is -2.10. The third kappa shape index (κ3) is 5.85. The third-order valence-corrected chi connectivity index (χ3v) is 6.64. The fraction of sp³-hybridized carbons (Fsp3) is 0.0714. The van der Waals surface area contributed by atoms with Crippen molar-refractivity contribution >= 4 is 46.5 Å². The number of nitrogens with zero attached hydrogens (tertiary/aromatic N) is 1. The summed E-state index contributed by atoms with van der Waals surface area (Å²) in [6.07, 6.45) is 0. The van der Waals surface area contributed by atoms with E-state index in [0.29, 0.717) is 26.8 Å². The molecule has 176 valence electrons. The normalized spacial score (nSPS) is 10.6. The average molecular weight is 504 g/mol. The number of ether oxygens (including phenoxy) is 1. The van der Waals surface area contributed by atoms with Gasteiger partial charge in [-0.25, -0.2) is 4.79 Å². The van der Waals surface area contributed by atoms with E-state index >= 15 is 0 Å². The van der Waals surface area contributed by atoms with E-state index in [0.717, 1.165) is 16.3 Å². The van der Waals surface area contributed by atoms with Crippen LogP contribution < -0.4 is 9.64 Å². The number of rotatable bonds is 8. The van der Waals surface area contributed by atoms with E-state index < -0.39 is 5.97 Å². The summed E-state index contributed by atoms with van der Waals surface area (Å²) in [4.78, 5) is 28.5. The van der Waals surface area contributed by atoms with Gasteiger partial charge < -0.3 is 14.7 Å². The van der Waals surface area contributed by atoms with E-state index in [1.165, 1.54) is 17.8 Å². The van der Waals surface area contributed by atoms with Crippen LogP contribution in [0.5, 0.6) is 5.75 Å². The van der Waals surface area contributed by atoms with Crippen LogP contribution in [0.1, 0.15) is 26.3 Å². The molecule has 4 rings (SSSR count). The molecule has 0 amide bonds. The van der Waals surface area contributed by atoms with Crippen LogP contribution in [0.4, 0.5) is 11.4 Å². The molecule has 0 radical (unpaired) electrons. The van der Waals surface area contributed by atoms with Crippen LogP contribution in [-0.4, -0.2) is 31.0 Å². The highest BCUT2D eigenvalue weighted by atomic mass is 35.5. The maximum atomic E-state index is 13.3. The molecule has 0 saturated heterocycles. The second kappa shape index (κ2) is 10.7. The molecular formula is C28H22ClNO4S. The number of hydrogen-bond donors (Lipinski definition) is 1. The maximum Gasteiger partial charge on any atom is 0.335 e. The number of carboxylic acid groups (broad SMARTS) is 1. The first-order valence-electron chi connectivity index (χ1n) is 10.7. The molecular weight excluding hydrogens is 482 g/mol. The minimum atomic E-state index is -1.09. The van der Waals surface area contributed by atoms with Gasteiger partial charge in [0.1, 0.15) is 5.75 Å². The van der Waals surface area contributed by atoms with Crippen molar-refractivity contribution in [2.45, 2.75) is 9.79 Å². The van der Waals surface area contributed by atoms with Crippen LogP contribution in [0.3, 0.4) is 0 Å². The van der Waals surface area contributed by atoms with Crippen molar-refractivity contribution in [1.29, 1.82) is 0 Å². The van der Waals surface area contributed by atoms with Crippen molar-refractivity contribution in [2.24, 2.45) is 0 Å². The van der Waals surface area contributed by atoms with Gasteiger partial charge in [0.15, 0.2) is 5.78 Å². The zero-order valence-corrected chi connectivity index (χ0v) is 20.6. The fourth-order valence-corrected chi connectivity index (χ4v) is 4.62. The van der Waals surface area contributed by atoms with Gasteiger partial charge in [-0.15, -0.1) is 0 Å². The lowest BCUT2D eigenvalue weighted by molar-refractivity contribution is 0.0696. The van der Waals surface area contributed by atoms with Gasteiger partial charge in [0.05, 0.1) is 12.7 Å². The molecule has 1 N–H and O–H groups in total. The van der Waals surface area contributed by atoms with Crippen molar-refractivity contribution in [1.82, 2.24) is 0 Å². The molecule has 5 nitrogen and oxygen atoms in total. The van der Waals surface area contributed by atoms with E-state index in [1.54, 1.807) is 31.4 Å². The Hall–Kier alpha value is -3.74. The molecule has 4 aromatic carbocycles. The predicted octanol–water partition coefficient (Wildman–Crippen LogP) is 7.20. The molecule has 0 fully saturated rings. The largest absolute Gasteiger partial charge is 0.497 e. The van der Waals surface area contributed by atoms with Gasteiger partial charge in [-0.3, -0.25) is 4.79 Å². The molecule has 0 aliphatic rings. The molecule has 0 atom stereocenters. The summed E-state index contributed by atoms with van der Waals surface area (Å²) < 4.78 is 5.26. The molecule has 7 heteroatoms. The Bertz CT molecular complexity index is 1370. The Morgan fingerprint density at radius 3 is 2.06 bits per heavy atom. The highest BCUT2D eigenvalue weighted by Crippen LogP contribution is 2.32. The first-order valence-corrected chi connectivity index (χ1v) is 11.9. The second-order valence-electron chi connectivity index (χ2n) is 7.74. The number of benzene rings is 4. The maximum absolute atomic E-state index is 13.3. The average Bonchev–Trinajstić information content (AvgIpc) is 2.88. The van der Waals surface area contributed by atoms with Crippen LogP contribution in [0.2, 0.25) is 5.02 Å². The number of carbonyl (C=O) groups excluding carboxylic acids is 1. The number of methoxy groups -OCH3 is 1. The molecule has 0 aromatic heterocycles. The van der Waals surface area contributed by atoms with Gasteiger partial charge >= 0.3 is 5.97 Å². The number of anilines is 2. The lowest BCUT2D eigenvalue weighted by atomic mass is 10.0. The predicted molar refractivity (Wildman–Crippen MR) is 140 cm³/mol.